The first-order valence-electron chi connectivity index (χ1n) is 10.1. The minimum absolute atomic E-state index is 0.105. The summed E-state index contributed by atoms with van der Waals surface area (Å²) in [5.41, 5.74) is -0.306. The molecule has 2 aromatic carbocycles. The molecule has 0 saturated carbocycles. The van der Waals surface area contributed by atoms with Crippen molar-refractivity contribution in [3.63, 3.8) is 0 Å². The second-order valence-electron chi connectivity index (χ2n) is 7.51. The first-order valence-corrected chi connectivity index (χ1v) is 10.1. The van der Waals surface area contributed by atoms with Crippen LogP contribution in [0.5, 0.6) is 11.5 Å². The first kappa shape index (κ1) is 21.1. The number of carbonyl (C=O) groups excluding carboxylic acids is 2. The third-order valence-corrected chi connectivity index (χ3v) is 5.19. The molecule has 9 nitrogen and oxygen atoms in total. The lowest BCUT2D eigenvalue weighted by molar-refractivity contribution is -0.122. The predicted molar refractivity (Wildman–Crippen MR) is 118 cm³/mol. The smallest absolute Gasteiger partial charge is 0.331 e. The second kappa shape index (κ2) is 8.93. The molecule has 164 valence electrons. The summed E-state index contributed by atoms with van der Waals surface area (Å²) in [4.78, 5) is 50.0. The van der Waals surface area contributed by atoms with Crippen LogP contribution in [0.25, 0.3) is 0 Å². The number of para-hydroxylation sites is 1. The number of rotatable bonds is 6. The zero-order valence-corrected chi connectivity index (χ0v) is 17.4. The Bertz CT molecular complexity index is 1250. The monoisotopic (exact) mass is 434 g/mol. The van der Waals surface area contributed by atoms with Gasteiger partial charge < -0.3 is 15.0 Å². The van der Waals surface area contributed by atoms with Crippen molar-refractivity contribution in [2.45, 2.75) is 19.0 Å². The van der Waals surface area contributed by atoms with E-state index < -0.39 is 17.2 Å². The molecular weight excluding hydrogens is 412 g/mol. The average Bonchev–Trinajstić information content (AvgIpc) is 3.15. The largest absolute Gasteiger partial charge is 0.457 e. The molecule has 1 aliphatic rings. The third kappa shape index (κ3) is 4.61. The van der Waals surface area contributed by atoms with Gasteiger partial charge in [-0.3, -0.25) is 23.5 Å². The summed E-state index contributed by atoms with van der Waals surface area (Å²) < 4.78 is 7.85. The topological polar surface area (TPSA) is 103 Å². The predicted octanol–water partition coefficient (Wildman–Crippen LogP) is 1.26. The van der Waals surface area contributed by atoms with Crippen molar-refractivity contribution in [1.82, 2.24) is 14.5 Å². The van der Waals surface area contributed by atoms with E-state index in [1.54, 1.807) is 29.2 Å². The molecule has 1 N–H and O–H groups in total. The van der Waals surface area contributed by atoms with Crippen molar-refractivity contribution in [1.29, 1.82) is 0 Å². The molecule has 4 rings (SSSR count). The van der Waals surface area contributed by atoms with Gasteiger partial charge in [-0.25, -0.2) is 4.79 Å². The number of benzene rings is 2. The summed E-state index contributed by atoms with van der Waals surface area (Å²) in [6.45, 7) is 0.0921. The Balaban J connectivity index is 1.37. The zero-order chi connectivity index (χ0) is 22.7. The maximum absolute atomic E-state index is 12.5. The zero-order valence-electron chi connectivity index (χ0n) is 17.4. The van der Waals surface area contributed by atoms with Gasteiger partial charge in [0.05, 0.1) is 6.04 Å². The molecule has 2 amide bonds. The van der Waals surface area contributed by atoms with Crippen LogP contribution in [0, 0.1) is 0 Å². The van der Waals surface area contributed by atoms with E-state index >= 15 is 0 Å². The second-order valence-corrected chi connectivity index (χ2v) is 7.51. The van der Waals surface area contributed by atoms with Crippen LogP contribution in [0.4, 0.5) is 5.69 Å². The van der Waals surface area contributed by atoms with Gasteiger partial charge in [0.25, 0.3) is 5.56 Å². The minimum Gasteiger partial charge on any atom is -0.457 e. The van der Waals surface area contributed by atoms with E-state index in [0.29, 0.717) is 18.0 Å². The summed E-state index contributed by atoms with van der Waals surface area (Å²) in [5.74, 6) is 0.861. The van der Waals surface area contributed by atoms with Gasteiger partial charge in [0.2, 0.25) is 11.8 Å². The van der Waals surface area contributed by atoms with Gasteiger partial charge in [-0.15, -0.1) is 0 Å². The molecule has 3 aromatic rings. The number of aromatic nitrogens is 2. The highest BCUT2D eigenvalue weighted by molar-refractivity contribution is 5.96. The molecule has 0 spiro atoms. The molecule has 2 heterocycles. The number of carbonyl (C=O) groups is 2. The standard InChI is InChI=1S/C23H22N4O5/c1-25-21(29)11-12-26(23(25)31)15-20(28)24-16-13-22(30)27(14-16)17-7-9-19(10-8-17)32-18-5-3-2-4-6-18/h2-12,16H,13-15H2,1H3,(H,24,28). The molecule has 1 atom stereocenters. The molecule has 1 unspecified atom stereocenters. The lowest BCUT2D eigenvalue weighted by Gasteiger charge is -2.18. The third-order valence-electron chi connectivity index (χ3n) is 5.19. The molecule has 1 fully saturated rings. The molecule has 9 heteroatoms. The quantitative estimate of drug-likeness (QED) is 0.629. The highest BCUT2D eigenvalue weighted by atomic mass is 16.5. The first-order chi connectivity index (χ1) is 15.4. The fourth-order valence-corrected chi connectivity index (χ4v) is 3.54. The fourth-order valence-electron chi connectivity index (χ4n) is 3.54. The van der Waals surface area contributed by atoms with E-state index in [9.17, 15) is 19.2 Å². The number of ether oxygens (including phenoxy) is 1. The van der Waals surface area contributed by atoms with Gasteiger partial charge in [-0.05, 0) is 36.4 Å². The van der Waals surface area contributed by atoms with Crippen molar-refractivity contribution in [2.75, 3.05) is 11.4 Å². The molecule has 0 aliphatic carbocycles. The maximum Gasteiger partial charge on any atom is 0.331 e. The number of amides is 2. The van der Waals surface area contributed by atoms with Crippen molar-refractivity contribution in [3.8, 4) is 11.5 Å². The Labute approximate surface area is 183 Å². The Morgan fingerprint density at radius 2 is 1.69 bits per heavy atom. The van der Waals surface area contributed by atoms with Crippen molar-refractivity contribution >= 4 is 17.5 Å². The van der Waals surface area contributed by atoms with Crippen LogP contribution in [-0.4, -0.2) is 33.5 Å². The summed E-state index contributed by atoms with van der Waals surface area (Å²) >= 11 is 0. The fraction of sp³-hybridized carbons (Fsp3) is 0.217. The van der Waals surface area contributed by atoms with E-state index in [2.05, 4.69) is 5.32 Å². The molecule has 0 bridgehead atoms. The van der Waals surface area contributed by atoms with Crippen LogP contribution >= 0.6 is 0 Å². The molecule has 1 aliphatic heterocycles. The van der Waals surface area contributed by atoms with Gasteiger partial charge in [0, 0.05) is 38.0 Å². The van der Waals surface area contributed by atoms with Crippen LogP contribution in [0.3, 0.4) is 0 Å². The van der Waals surface area contributed by atoms with Crippen molar-refractivity contribution in [2.24, 2.45) is 7.05 Å². The maximum atomic E-state index is 12.5. The molecule has 32 heavy (non-hydrogen) atoms. The van der Waals surface area contributed by atoms with E-state index in [0.717, 1.165) is 14.9 Å². The van der Waals surface area contributed by atoms with Crippen LogP contribution in [-0.2, 0) is 23.2 Å². The van der Waals surface area contributed by atoms with Gasteiger partial charge in [0.15, 0.2) is 0 Å². The van der Waals surface area contributed by atoms with Crippen LogP contribution in [0.15, 0.2) is 76.4 Å². The number of hydrogen-bond acceptors (Lipinski definition) is 5. The average molecular weight is 434 g/mol. The summed E-state index contributed by atoms with van der Waals surface area (Å²) in [6.07, 6.45) is 1.45. The van der Waals surface area contributed by atoms with E-state index in [4.69, 9.17) is 4.74 Å². The van der Waals surface area contributed by atoms with Crippen LogP contribution in [0.1, 0.15) is 6.42 Å². The Morgan fingerprint density at radius 3 is 2.41 bits per heavy atom. The van der Waals surface area contributed by atoms with Gasteiger partial charge >= 0.3 is 5.69 Å². The minimum atomic E-state index is -0.574. The summed E-state index contributed by atoms with van der Waals surface area (Å²) in [5, 5.41) is 2.79. The number of nitrogens with one attached hydrogen (secondary N) is 1. The van der Waals surface area contributed by atoms with Gasteiger partial charge in [-0.1, -0.05) is 18.2 Å². The normalized spacial score (nSPS) is 15.6. The van der Waals surface area contributed by atoms with Crippen molar-refractivity contribution in [3.05, 3.63) is 87.7 Å². The molecule has 1 saturated heterocycles. The molecular formula is C23H22N4O5. The molecule has 1 aromatic heterocycles. The number of nitrogens with zero attached hydrogens (tertiary/aromatic N) is 3. The summed E-state index contributed by atoms with van der Waals surface area (Å²) in [6, 6.07) is 17.4. The Morgan fingerprint density at radius 1 is 1.00 bits per heavy atom. The Kier molecular flexibility index (Phi) is 5.89. The van der Waals surface area contributed by atoms with E-state index in [1.165, 1.54) is 19.3 Å². The SMILES string of the molecule is Cn1c(=O)ccn(CC(=O)NC2CC(=O)N(c3ccc(Oc4ccccc4)cc3)C2)c1=O. The highest BCUT2D eigenvalue weighted by Crippen LogP contribution is 2.26. The number of hydrogen-bond donors (Lipinski definition) is 1. The van der Waals surface area contributed by atoms with Crippen LogP contribution < -0.4 is 26.2 Å². The van der Waals surface area contributed by atoms with E-state index in [-0.39, 0.29) is 24.9 Å². The molecule has 0 radical (unpaired) electrons. The van der Waals surface area contributed by atoms with E-state index in [1.807, 2.05) is 30.3 Å². The Hall–Kier alpha value is -4.14. The number of anilines is 1. The van der Waals surface area contributed by atoms with Gasteiger partial charge in [-0.2, -0.15) is 0 Å². The lowest BCUT2D eigenvalue weighted by atomic mass is 10.2. The highest BCUT2D eigenvalue weighted by Gasteiger charge is 2.31. The van der Waals surface area contributed by atoms with Crippen molar-refractivity contribution < 1.29 is 14.3 Å². The summed E-state index contributed by atoms with van der Waals surface area (Å²) in [7, 11) is 1.35. The lowest BCUT2D eigenvalue weighted by Crippen LogP contribution is -2.43. The van der Waals surface area contributed by atoms with Crippen LogP contribution in [0.2, 0.25) is 0 Å². The van der Waals surface area contributed by atoms with Gasteiger partial charge in [0.1, 0.15) is 18.0 Å².